The van der Waals surface area contributed by atoms with E-state index in [1.807, 2.05) is 0 Å². The molecule has 47 heavy (non-hydrogen) atoms. The summed E-state index contributed by atoms with van der Waals surface area (Å²) in [6.07, 6.45) is 18.6. The van der Waals surface area contributed by atoms with E-state index in [1.165, 1.54) is 32.1 Å². The van der Waals surface area contributed by atoms with Crippen molar-refractivity contribution >= 4 is 25.5 Å². The molecule has 1 saturated carbocycles. The second kappa shape index (κ2) is 26.3. The standard InChI is InChI=1S/C35H63O11P/c1-3-5-7-8-9-10-11-12-18-22-35(40)46-29(27-45-47(41,42)43)26-44-34(39)21-17-14-13-16-20-30-31(33(38)25-32(30)37)24-23-28(36)19-15-6-4-2/h23-24,28-32,36-37H,3-22,25-27H2,1-2H3,(H2,41,42,43)/b24-23+/t28-,29+,30+,31+,32-/m0/s1. The van der Waals surface area contributed by atoms with Crippen molar-refractivity contribution in [2.24, 2.45) is 11.8 Å². The molecule has 0 bridgehead atoms. The number of esters is 2. The number of aliphatic hydroxyl groups is 2. The highest BCUT2D eigenvalue weighted by Crippen LogP contribution is 2.36. The van der Waals surface area contributed by atoms with Gasteiger partial charge in [-0.25, -0.2) is 4.57 Å². The van der Waals surface area contributed by atoms with Gasteiger partial charge in [0.05, 0.1) is 18.8 Å². The quantitative estimate of drug-likeness (QED) is 0.0279. The lowest BCUT2D eigenvalue weighted by atomic mass is 9.88. The lowest BCUT2D eigenvalue weighted by Gasteiger charge is -2.19. The van der Waals surface area contributed by atoms with Crippen LogP contribution in [-0.2, 0) is 32.9 Å². The highest BCUT2D eigenvalue weighted by Gasteiger charge is 2.39. The largest absolute Gasteiger partial charge is 0.469 e. The molecule has 0 saturated heterocycles. The minimum Gasteiger partial charge on any atom is -0.462 e. The van der Waals surface area contributed by atoms with Gasteiger partial charge < -0.3 is 29.5 Å². The zero-order valence-electron chi connectivity index (χ0n) is 28.9. The minimum absolute atomic E-state index is 0.000860. The van der Waals surface area contributed by atoms with E-state index in [-0.39, 0.29) is 43.5 Å². The zero-order valence-corrected chi connectivity index (χ0v) is 29.8. The third-order valence-corrected chi connectivity index (χ3v) is 9.18. The number of carbonyl (C=O) groups is 3. The minimum atomic E-state index is -4.80. The molecule has 5 atom stereocenters. The van der Waals surface area contributed by atoms with Gasteiger partial charge in [-0.2, -0.15) is 0 Å². The predicted octanol–water partition coefficient (Wildman–Crippen LogP) is 6.88. The van der Waals surface area contributed by atoms with Crippen molar-refractivity contribution in [1.29, 1.82) is 0 Å². The number of phosphoric ester groups is 1. The molecule has 0 heterocycles. The summed E-state index contributed by atoms with van der Waals surface area (Å²) in [5, 5.41) is 20.6. The monoisotopic (exact) mass is 690 g/mol. The number of allylic oxidation sites excluding steroid dienone is 1. The van der Waals surface area contributed by atoms with E-state index in [9.17, 15) is 29.2 Å². The summed E-state index contributed by atoms with van der Waals surface area (Å²) in [5.74, 6) is -1.61. The van der Waals surface area contributed by atoms with E-state index in [2.05, 4.69) is 18.4 Å². The fourth-order valence-corrected chi connectivity index (χ4v) is 6.28. The first-order valence-corrected chi connectivity index (χ1v) is 19.6. The van der Waals surface area contributed by atoms with E-state index >= 15 is 0 Å². The Morgan fingerprint density at radius 3 is 2.00 bits per heavy atom. The van der Waals surface area contributed by atoms with Gasteiger partial charge in [0, 0.05) is 25.2 Å². The van der Waals surface area contributed by atoms with Gasteiger partial charge in [-0.15, -0.1) is 0 Å². The number of aliphatic hydroxyl groups excluding tert-OH is 2. The Bertz CT molecular complexity index is 934. The molecule has 4 N–H and O–H groups in total. The molecule has 12 heteroatoms. The van der Waals surface area contributed by atoms with E-state index in [1.54, 1.807) is 12.2 Å². The molecule has 0 aromatic rings. The second-order valence-electron chi connectivity index (χ2n) is 13.0. The van der Waals surface area contributed by atoms with Gasteiger partial charge in [0.15, 0.2) is 6.10 Å². The average Bonchev–Trinajstić information content (AvgIpc) is 3.29. The summed E-state index contributed by atoms with van der Waals surface area (Å²) in [6, 6.07) is 0. The topological polar surface area (TPSA) is 177 Å². The molecule has 0 aromatic carbocycles. The molecule has 274 valence electrons. The average molecular weight is 691 g/mol. The van der Waals surface area contributed by atoms with Crippen molar-refractivity contribution < 1.29 is 52.9 Å². The van der Waals surface area contributed by atoms with E-state index < -0.39 is 44.7 Å². The van der Waals surface area contributed by atoms with Crippen LogP contribution < -0.4 is 0 Å². The molecule has 11 nitrogen and oxygen atoms in total. The van der Waals surface area contributed by atoms with Crippen LogP contribution in [0.1, 0.15) is 149 Å². The van der Waals surface area contributed by atoms with Crippen LogP contribution in [-0.4, -0.2) is 69.2 Å². The summed E-state index contributed by atoms with van der Waals surface area (Å²) in [4.78, 5) is 55.2. The number of ketones is 1. The lowest BCUT2D eigenvalue weighted by Crippen LogP contribution is -2.29. The fraction of sp³-hybridized carbons (Fsp3) is 0.857. The van der Waals surface area contributed by atoms with Crippen LogP contribution in [0.4, 0.5) is 0 Å². The molecule has 1 rings (SSSR count). The van der Waals surface area contributed by atoms with Gasteiger partial charge in [-0.3, -0.25) is 18.9 Å². The normalized spacial score (nSPS) is 19.7. The van der Waals surface area contributed by atoms with Crippen molar-refractivity contribution in [3.8, 4) is 0 Å². The van der Waals surface area contributed by atoms with Crippen LogP contribution in [0.3, 0.4) is 0 Å². The molecule has 0 spiro atoms. The third kappa shape index (κ3) is 22.6. The zero-order chi connectivity index (χ0) is 34.9. The maximum Gasteiger partial charge on any atom is 0.469 e. The van der Waals surface area contributed by atoms with Gasteiger partial charge >= 0.3 is 19.8 Å². The molecule has 0 aromatic heterocycles. The van der Waals surface area contributed by atoms with Crippen LogP contribution in [0.15, 0.2) is 12.2 Å². The Kier molecular flexibility index (Phi) is 24.3. The van der Waals surface area contributed by atoms with E-state index in [0.717, 1.165) is 57.8 Å². The summed E-state index contributed by atoms with van der Waals surface area (Å²) < 4.78 is 26.2. The molecule has 0 radical (unpaired) electrons. The molecular formula is C35H63O11P. The Morgan fingerprint density at radius 1 is 0.830 bits per heavy atom. The van der Waals surface area contributed by atoms with E-state index in [0.29, 0.717) is 25.7 Å². The van der Waals surface area contributed by atoms with E-state index in [4.69, 9.17) is 19.3 Å². The first kappa shape index (κ1) is 43.4. The first-order valence-electron chi connectivity index (χ1n) is 18.1. The van der Waals surface area contributed by atoms with Crippen LogP contribution in [0.25, 0.3) is 0 Å². The van der Waals surface area contributed by atoms with Gasteiger partial charge in [0.2, 0.25) is 0 Å². The molecule has 0 unspecified atom stereocenters. The molecule has 0 amide bonds. The predicted molar refractivity (Wildman–Crippen MR) is 180 cm³/mol. The number of ether oxygens (including phenoxy) is 2. The molecular weight excluding hydrogens is 627 g/mol. The first-order chi connectivity index (χ1) is 22.5. The van der Waals surface area contributed by atoms with Crippen molar-refractivity contribution in [3.05, 3.63) is 12.2 Å². The van der Waals surface area contributed by atoms with Crippen molar-refractivity contribution in [1.82, 2.24) is 0 Å². The van der Waals surface area contributed by atoms with Gasteiger partial charge in [0.25, 0.3) is 0 Å². The van der Waals surface area contributed by atoms with Crippen LogP contribution in [0.5, 0.6) is 0 Å². The van der Waals surface area contributed by atoms with Crippen LogP contribution in [0, 0.1) is 11.8 Å². The number of carbonyl (C=O) groups excluding carboxylic acids is 3. The Labute approximate surface area is 282 Å². The van der Waals surface area contributed by atoms with Gasteiger partial charge in [0.1, 0.15) is 12.4 Å². The second-order valence-corrected chi connectivity index (χ2v) is 14.2. The van der Waals surface area contributed by atoms with Gasteiger partial charge in [-0.05, 0) is 31.6 Å². The maximum atomic E-state index is 12.4. The van der Waals surface area contributed by atoms with Crippen molar-refractivity contribution in [2.45, 2.75) is 167 Å². The number of hydrogen-bond donors (Lipinski definition) is 4. The molecule has 1 aliphatic carbocycles. The number of Topliss-reactive ketones (excluding diaryl/α,β-unsaturated/α-hetero) is 1. The smallest absolute Gasteiger partial charge is 0.462 e. The number of unbranched alkanes of at least 4 members (excludes halogenated alkanes) is 13. The number of phosphoric acid groups is 1. The number of rotatable bonds is 29. The highest BCUT2D eigenvalue weighted by atomic mass is 31.2. The summed E-state index contributed by atoms with van der Waals surface area (Å²) >= 11 is 0. The van der Waals surface area contributed by atoms with Crippen molar-refractivity contribution in [3.63, 3.8) is 0 Å². The third-order valence-electron chi connectivity index (χ3n) is 8.69. The highest BCUT2D eigenvalue weighted by molar-refractivity contribution is 7.46. The van der Waals surface area contributed by atoms with Crippen LogP contribution >= 0.6 is 7.82 Å². The van der Waals surface area contributed by atoms with Crippen LogP contribution in [0.2, 0.25) is 0 Å². The molecule has 1 aliphatic rings. The van der Waals surface area contributed by atoms with Gasteiger partial charge in [-0.1, -0.05) is 116 Å². The molecule has 1 fully saturated rings. The Morgan fingerprint density at radius 2 is 1.38 bits per heavy atom. The Balaban J connectivity index is 2.34. The fourth-order valence-electron chi connectivity index (χ4n) is 5.92. The lowest BCUT2D eigenvalue weighted by molar-refractivity contribution is -0.161. The summed E-state index contributed by atoms with van der Waals surface area (Å²) in [6.45, 7) is 3.33. The summed E-state index contributed by atoms with van der Waals surface area (Å²) in [5.41, 5.74) is 0. The number of hydrogen-bond acceptors (Lipinski definition) is 9. The van der Waals surface area contributed by atoms with Crippen molar-refractivity contribution in [2.75, 3.05) is 13.2 Å². The summed E-state index contributed by atoms with van der Waals surface area (Å²) in [7, 11) is -4.80. The molecule has 0 aliphatic heterocycles. The Hall–Kier alpha value is -1.62. The maximum absolute atomic E-state index is 12.4. The SMILES string of the molecule is CCCCCCCCCCCC(=O)O[C@H](COC(=O)CCCCCC[C@H]1[C@@H](O)CC(=O)[C@@H]1/C=C/[C@@H](O)CCCCC)COP(=O)(O)O.